The van der Waals surface area contributed by atoms with Gasteiger partial charge >= 0.3 is 0 Å². The second kappa shape index (κ2) is 4.38. The predicted octanol–water partition coefficient (Wildman–Crippen LogP) is 2.17. The molecule has 0 radical (unpaired) electrons. The standard InChI is InChI=1S/C10H10ClN3O2S/c1-7-2-3-8(6-9(7)11)14-17(15,16)10-4-5-12-13-10/h2-6,14H,1H3,(H,12,13). The number of aromatic nitrogens is 2. The van der Waals surface area contributed by atoms with Gasteiger partial charge in [0.1, 0.15) is 0 Å². The lowest BCUT2D eigenvalue weighted by molar-refractivity contribution is 0.597. The highest BCUT2D eigenvalue weighted by atomic mass is 35.5. The van der Waals surface area contributed by atoms with E-state index in [1.165, 1.54) is 12.3 Å². The molecule has 1 aromatic carbocycles. The highest BCUT2D eigenvalue weighted by Gasteiger charge is 2.15. The van der Waals surface area contributed by atoms with E-state index in [9.17, 15) is 8.42 Å². The summed E-state index contributed by atoms with van der Waals surface area (Å²) in [6.45, 7) is 1.84. The van der Waals surface area contributed by atoms with Gasteiger partial charge in [0.2, 0.25) is 0 Å². The smallest absolute Gasteiger partial charge is 0.278 e. The van der Waals surface area contributed by atoms with E-state index < -0.39 is 10.0 Å². The number of rotatable bonds is 3. The molecule has 0 amide bonds. The van der Waals surface area contributed by atoms with Crippen LogP contribution in [-0.4, -0.2) is 18.6 Å². The van der Waals surface area contributed by atoms with Crippen molar-refractivity contribution >= 4 is 27.3 Å². The molecule has 0 unspecified atom stereocenters. The molecule has 2 rings (SSSR count). The van der Waals surface area contributed by atoms with Gasteiger partial charge in [-0.2, -0.15) is 13.5 Å². The first-order valence-electron chi connectivity index (χ1n) is 4.77. The molecule has 0 saturated heterocycles. The van der Waals surface area contributed by atoms with Crippen LogP contribution in [0.25, 0.3) is 0 Å². The van der Waals surface area contributed by atoms with E-state index in [1.807, 2.05) is 6.92 Å². The Morgan fingerprint density at radius 3 is 2.71 bits per heavy atom. The van der Waals surface area contributed by atoms with Crippen LogP contribution in [0, 0.1) is 6.92 Å². The van der Waals surface area contributed by atoms with Gasteiger partial charge in [-0.3, -0.25) is 9.82 Å². The topological polar surface area (TPSA) is 74.8 Å². The second-order valence-corrected chi connectivity index (χ2v) is 5.55. The van der Waals surface area contributed by atoms with Crippen molar-refractivity contribution in [3.8, 4) is 0 Å². The zero-order valence-corrected chi connectivity index (χ0v) is 10.5. The van der Waals surface area contributed by atoms with Gasteiger partial charge in [0.05, 0.1) is 11.9 Å². The van der Waals surface area contributed by atoms with Crippen LogP contribution in [0.3, 0.4) is 0 Å². The Kier molecular flexibility index (Phi) is 3.08. The number of hydrogen-bond acceptors (Lipinski definition) is 3. The van der Waals surface area contributed by atoms with Crippen molar-refractivity contribution in [2.75, 3.05) is 4.72 Å². The van der Waals surface area contributed by atoms with Gasteiger partial charge in [-0.05, 0) is 30.7 Å². The fraction of sp³-hybridized carbons (Fsp3) is 0.100. The molecule has 2 N–H and O–H groups in total. The molecular weight excluding hydrogens is 262 g/mol. The number of hydrogen-bond donors (Lipinski definition) is 2. The molecule has 0 aliphatic carbocycles. The molecular formula is C10H10ClN3O2S. The maximum Gasteiger partial charge on any atom is 0.278 e. The molecule has 0 aliphatic heterocycles. The first-order chi connectivity index (χ1) is 7.99. The van der Waals surface area contributed by atoms with Crippen molar-refractivity contribution in [3.05, 3.63) is 41.0 Å². The van der Waals surface area contributed by atoms with E-state index in [2.05, 4.69) is 14.9 Å². The zero-order valence-electron chi connectivity index (χ0n) is 8.94. The van der Waals surface area contributed by atoms with Crippen molar-refractivity contribution in [1.82, 2.24) is 10.2 Å². The molecule has 17 heavy (non-hydrogen) atoms. The number of aromatic amines is 1. The molecule has 0 spiro atoms. The number of halogens is 1. The summed E-state index contributed by atoms with van der Waals surface area (Å²) in [5.41, 5.74) is 1.30. The Hall–Kier alpha value is -1.53. The number of benzene rings is 1. The van der Waals surface area contributed by atoms with E-state index >= 15 is 0 Å². The Bertz CT molecular complexity index is 623. The van der Waals surface area contributed by atoms with Crippen molar-refractivity contribution in [2.24, 2.45) is 0 Å². The molecule has 0 fully saturated rings. The van der Waals surface area contributed by atoms with E-state index in [4.69, 9.17) is 11.6 Å². The van der Waals surface area contributed by atoms with Gasteiger partial charge < -0.3 is 0 Å². The highest BCUT2D eigenvalue weighted by Crippen LogP contribution is 2.21. The fourth-order valence-corrected chi connectivity index (χ4v) is 2.40. The molecule has 5 nitrogen and oxygen atoms in total. The average molecular weight is 272 g/mol. The van der Waals surface area contributed by atoms with Crippen LogP contribution in [0.2, 0.25) is 5.02 Å². The average Bonchev–Trinajstić information content (AvgIpc) is 2.77. The van der Waals surface area contributed by atoms with Gasteiger partial charge in [-0.15, -0.1) is 0 Å². The van der Waals surface area contributed by atoms with Crippen LogP contribution < -0.4 is 4.72 Å². The summed E-state index contributed by atoms with van der Waals surface area (Å²) in [5.74, 6) is 0. The first-order valence-corrected chi connectivity index (χ1v) is 6.63. The Labute approximate surface area is 104 Å². The summed E-state index contributed by atoms with van der Waals surface area (Å²) in [6, 6.07) is 6.32. The number of sulfonamides is 1. The van der Waals surface area contributed by atoms with Crippen LogP contribution in [0.15, 0.2) is 35.5 Å². The number of anilines is 1. The molecule has 0 saturated carbocycles. The van der Waals surface area contributed by atoms with Gasteiger partial charge in [0, 0.05) is 5.02 Å². The van der Waals surface area contributed by atoms with Crippen LogP contribution in [0.4, 0.5) is 5.69 Å². The summed E-state index contributed by atoms with van der Waals surface area (Å²) in [7, 11) is -3.63. The summed E-state index contributed by atoms with van der Waals surface area (Å²) in [4.78, 5) is 0. The molecule has 2 aromatic rings. The minimum Gasteiger partial charge on any atom is -0.278 e. The maximum absolute atomic E-state index is 11.8. The summed E-state index contributed by atoms with van der Waals surface area (Å²) < 4.78 is 26.1. The lowest BCUT2D eigenvalue weighted by atomic mass is 10.2. The third-order valence-electron chi connectivity index (χ3n) is 2.19. The first kappa shape index (κ1) is 11.9. The monoisotopic (exact) mass is 271 g/mol. The Balaban J connectivity index is 2.30. The fourth-order valence-electron chi connectivity index (χ4n) is 1.26. The minimum atomic E-state index is -3.63. The SMILES string of the molecule is Cc1ccc(NS(=O)(=O)c2ccn[nH]2)cc1Cl. The molecule has 1 heterocycles. The largest absolute Gasteiger partial charge is 0.278 e. The minimum absolute atomic E-state index is 0.00852. The van der Waals surface area contributed by atoms with Crippen LogP contribution in [0.5, 0.6) is 0 Å². The molecule has 1 aromatic heterocycles. The molecule has 0 bridgehead atoms. The lowest BCUT2D eigenvalue weighted by Crippen LogP contribution is -2.13. The highest BCUT2D eigenvalue weighted by molar-refractivity contribution is 7.92. The third kappa shape index (κ3) is 2.59. The van der Waals surface area contributed by atoms with Crippen molar-refractivity contribution in [2.45, 2.75) is 11.9 Å². The zero-order chi connectivity index (χ0) is 12.5. The van der Waals surface area contributed by atoms with E-state index in [0.717, 1.165) is 5.56 Å². The van der Waals surface area contributed by atoms with E-state index in [-0.39, 0.29) is 5.03 Å². The Morgan fingerprint density at radius 2 is 2.12 bits per heavy atom. The van der Waals surface area contributed by atoms with Crippen molar-refractivity contribution < 1.29 is 8.42 Å². The van der Waals surface area contributed by atoms with Crippen LogP contribution >= 0.6 is 11.6 Å². The molecule has 90 valence electrons. The van der Waals surface area contributed by atoms with Crippen molar-refractivity contribution in [1.29, 1.82) is 0 Å². The number of nitrogens with one attached hydrogen (secondary N) is 2. The molecule has 0 aliphatic rings. The third-order valence-corrected chi connectivity index (χ3v) is 3.91. The number of aryl methyl sites for hydroxylation is 1. The summed E-state index contributed by atoms with van der Waals surface area (Å²) in [6.07, 6.45) is 1.37. The quantitative estimate of drug-likeness (QED) is 0.898. The van der Waals surface area contributed by atoms with Gasteiger partial charge in [-0.1, -0.05) is 17.7 Å². The van der Waals surface area contributed by atoms with E-state index in [1.54, 1.807) is 18.2 Å². The number of nitrogens with zero attached hydrogens (tertiary/aromatic N) is 1. The van der Waals surface area contributed by atoms with Gasteiger partial charge in [0.15, 0.2) is 5.03 Å². The predicted molar refractivity (Wildman–Crippen MR) is 65.6 cm³/mol. The molecule has 0 atom stereocenters. The maximum atomic E-state index is 11.8. The lowest BCUT2D eigenvalue weighted by Gasteiger charge is -2.07. The summed E-state index contributed by atoms with van der Waals surface area (Å²) in [5, 5.41) is 6.50. The normalized spacial score (nSPS) is 11.4. The van der Waals surface area contributed by atoms with Crippen LogP contribution in [-0.2, 0) is 10.0 Å². The van der Waals surface area contributed by atoms with Gasteiger partial charge in [-0.25, -0.2) is 0 Å². The number of H-pyrrole nitrogens is 1. The Morgan fingerprint density at radius 1 is 1.35 bits per heavy atom. The van der Waals surface area contributed by atoms with E-state index in [0.29, 0.717) is 10.7 Å². The van der Waals surface area contributed by atoms with Crippen LogP contribution in [0.1, 0.15) is 5.56 Å². The molecule has 7 heteroatoms. The van der Waals surface area contributed by atoms with Gasteiger partial charge in [0.25, 0.3) is 10.0 Å². The second-order valence-electron chi connectivity index (χ2n) is 3.49. The van der Waals surface area contributed by atoms with Crippen molar-refractivity contribution in [3.63, 3.8) is 0 Å². The summed E-state index contributed by atoms with van der Waals surface area (Å²) >= 11 is 5.91.